The van der Waals surface area contributed by atoms with E-state index in [1.54, 1.807) is 11.4 Å². The van der Waals surface area contributed by atoms with Gasteiger partial charge in [-0.25, -0.2) is 4.79 Å². The molecule has 0 fully saturated rings. The molecular formula is C6H5BrN2O2S. The second-order valence-corrected chi connectivity index (χ2v) is 4.25. The van der Waals surface area contributed by atoms with E-state index in [1.165, 1.54) is 11.3 Å². The van der Waals surface area contributed by atoms with Gasteiger partial charge in [0.25, 0.3) is 5.91 Å². The minimum atomic E-state index is -0.845. The number of imide groups is 1. The molecule has 0 aromatic carbocycles. The first-order valence-corrected chi connectivity index (χ1v) is 4.61. The smallest absolute Gasteiger partial charge is 0.319 e. The largest absolute Gasteiger partial charge is 0.351 e. The molecule has 1 heterocycles. The molecule has 0 bridgehead atoms. The lowest BCUT2D eigenvalue weighted by Crippen LogP contribution is -2.34. The average Bonchev–Trinajstić information content (AvgIpc) is 2.34. The Hall–Kier alpha value is -0.880. The lowest BCUT2D eigenvalue weighted by Gasteiger charge is -1.95. The molecule has 3 N–H and O–H groups in total. The van der Waals surface area contributed by atoms with Crippen molar-refractivity contribution in [3.05, 3.63) is 20.8 Å². The van der Waals surface area contributed by atoms with Crippen LogP contribution in [0.1, 0.15) is 10.4 Å². The summed E-state index contributed by atoms with van der Waals surface area (Å²) in [6.45, 7) is 0. The number of rotatable bonds is 1. The number of carbonyl (C=O) groups excluding carboxylic acids is 2. The molecule has 0 radical (unpaired) electrons. The summed E-state index contributed by atoms with van der Waals surface area (Å²) in [5.74, 6) is -0.482. The summed E-state index contributed by atoms with van der Waals surface area (Å²) in [4.78, 5) is 21.3. The fourth-order valence-electron chi connectivity index (χ4n) is 0.613. The van der Waals surface area contributed by atoms with Crippen LogP contribution < -0.4 is 11.1 Å². The molecule has 6 heteroatoms. The quantitative estimate of drug-likeness (QED) is 0.787. The topological polar surface area (TPSA) is 72.2 Å². The summed E-state index contributed by atoms with van der Waals surface area (Å²) in [6.07, 6.45) is 0. The second kappa shape index (κ2) is 3.68. The average molecular weight is 249 g/mol. The van der Waals surface area contributed by atoms with Gasteiger partial charge in [0.2, 0.25) is 0 Å². The van der Waals surface area contributed by atoms with E-state index in [1.807, 2.05) is 5.32 Å². The van der Waals surface area contributed by atoms with E-state index in [0.29, 0.717) is 5.56 Å². The molecule has 64 valence electrons. The van der Waals surface area contributed by atoms with Crippen molar-refractivity contribution in [2.75, 3.05) is 0 Å². The summed E-state index contributed by atoms with van der Waals surface area (Å²) in [5, 5.41) is 3.59. The Morgan fingerprint density at radius 3 is 2.67 bits per heavy atom. The third-order valence-electron chi connectivity index (χ3n) is 1.07. The minimum absolute atomic E-state index is 0.422. The first-order valence-electron chi connectivity index (χ1n) is 2.94. The predicted octanol–water partition coefficient (Wildman–Crippen LogP) is 1.32. The number of carbonyl (C=O) groups is 2. The Labute approximate surface area is 80.9 Å². The number of nitrogens with one attached hydrogen (secondary N) is 1. The van der Waals surface area contributed by atoms with Gasteiger partial charge in [0.05, 0.1) is 9.35 Å². The zero-order valence-electron chi connectivity index (χ0n) is 5.83. The summed E-state index contributed by atoms with van der Waals surface area (Å²) in [7, 11) is 0. The van der Waals surface area contributed by atoms with Crippen LogP contribution in [-0.2, 0) is 0 Å². The molecular weight excluding hydrogens is 244 g/mol. The Morgan fingerprint density at radius 2 is 2.25 bits per heavy atom. The van der Waals surface area contributed by atoms with Gasteiger partial charge in [-0.3, -0.25) is 10.1 Å². The van der Waals surface area contributed by atoms with Gasteiger partial charge in [-0.15, -0.1) is 11.3 Å². The number of primary amides is 1. The molecule has 0 aliphatic heterocycles. The summed E-state index contributed by atoms with van der Waals surface area (Å²) < 4.78 is 0.831. The van der Waals surface area contributed by atoms with Crippen molar-refractivity contribution in [3.63, 3.8) is 0 Å². The third-order valence-corrected chi connectivity index (χ3v) is 2.57. The van der Waals surface area contributed by atoms with E-state index in [-0.39, 0.29) is 0 Å². The van der Waals surface area contributed by atoms with Crippen molar-refractivity contribution < 1.29 is 9.59 Å². The van der Waals surface area contributed by atoms with Crippen LogP contribution in [0.15, 0.2) is 15.2 Å². The van der Waals surface area contributed by atoms with E-state index >= 15 is 0 Å². The highest BCUT2D eigenvalue weighted by Crippen LogP contribution is 2.20. The monoisotopic (exact) mass is 248 g/mol. The predicted molar refractivity (Wildman–Crippen MR) is 49.1 cm³/mol. The van der Waals surface area contributed by atoms with Crippen molar-refractivity contribution in [3.8, 4) is 0 Å². The zero-order chi connectivity index (χ0) is 9.14. The maximum atomic E-state index is 11.0. The maximum Gasteiger partial charge on any atom is 0.319 e. The molecule has 4 nitrogen and oxygen atoms in total. The molecule has 3 amide bonds. The Balaban J connectivity index is 2.72. The normalized spacial score (nSPS) is 9.42. The molecule has 0 saturated heterocycles. The maximum absolute atomic E-state index is 11.0. The fraction of sp³-hybridized carbons (Fsp3) is 0. The highest BCUT2D eigenvalue weighted by Gasteiger charge is 2.08. The summed E-state index contributed by atoms with van der Waals surface area (Å²) in [6, 6.07) is 0.769. The number of nitrogens with two attached hydrogens (primary N) is 1. The number of hydrogen-bond acceptors (Lipinski definition) is 3. The van der Waals surface area contributed by atoms with Crippen LogP contribution in [0.3, 0.4) is 0 Å². The highest BCUT2D eigenvalue weighted by atomic mass is 79.9. The third kappa shape index (κ3) is 2.31. The summed E-state index contributed by atoms with van der Waals surface area (Å²) in [5.41, 5.74) is 5.18. The van der Waals surface area contributed by atoms with E-state index < -0.39 is 11.9 Å². The molecule has 0 aliphatic carbocycles. The minimum Gasteiger partial charge on any atom is -0.351 e. The molecule has 0 spiro atoms. The van der Waals surface area contributed by atoms with E-state index in [4.69, 9.17) is 5.73 Å². The number of amides is 3. The molecule has 1 aromatic heterocycles. The fourth-order valence-corrected chi connectivity index (χ4v) is 1.75. The molecule has 0 aliphatic rings. The van der Waals surface area contributed by atoms with Gasteiger partial charge in [-0.2, -0.15) is 0 Å². The number of halogens is 1. The summed E-state index contributed by atoms with van der Waals surface area (Å²) >= 11 is 4.55. The Morgan fingerprint density at radius 1 is 1.58 bits per heavy atom. The number of thiophene rings is 1. The first-order chi connectivity index (χ1) is 5.59. The van der Waals surface area contributed by atoms with Crippen LogP contribution in [0.25, 0.3) is 0 Å². The van der Waals surface area contributed by atoms with Crippen LogP contribution in [0, 0.1) is 0 Å². The lowest BCUT2D eigenvalue weighted by atomic mass is 10.3. The molecule has 0 atom stereocenters. The van der Waals surface area contributed by atoms with Crippen molar-refractivity contribution in [1.82, 2.24) is 5.32 Å². The Bertz CT molecular complexity index is 323. The SMILES string of the molecule is NC(=O)NC(=O)c1csc(Br)c1. The van der Waals surface area contributed by atoms with Crippen LogP contribution in [0.5, 0.6) is 0 Å². The Kier molecular flexibility index (Phi) is 2.83. The van der Waals surface area contributed by atoms with Crippen LogP contribution >= 0.6 is 27.3 Å². The van der Waals surface area contributed by atoms with E-state index in [2.05, 4.69) is 15.9 Å². The van der Waals surface area contributed by atoms with Gasteiger partial charge in [-0.1, -0.05) is 0 Å². The van der Waals surface area contributed by atoms with Crippen LogP contribution in [0.4, 0.5) is 4.79 Å². The van der Waals surface area contributed by atoms with Crippen molar-refractivity contribution in [2.24, 2.45) is 5.73 Å². The molecule has 0 unspecified atom stereocenters. The number of urea groups is 1. The zero-order valence-corrected chi connectivity index (χ0v) is 8.24. The van der Waals surface area contributed by atoms with Gasteiger partial charge in [0.1, 0.15) is 0 Å². The highest BCUT2D eigenvalue weighted by molar-refractivity contribution is 9.11. The standard InChI is InChI=1S/C6H5BrN2O2S/c7-4-1-3(2-12-4)5(10)9-6(8)11/h1-2H,(H3,8,9,10,11). The van der Waals surface area contributed by atoms with E-state index in [0.717, 1.165) is 3.79 Å². The van der Waals surface area contributed by atoms with Crippen LogP contribution in [-0.4, -0.2) is 11.9 Å². The van der Waals surface area contributed by atoms with Crippen LogP contribution in [0.2, 0.25) is 0 Å². The number of hydrogen-bond donors (Lipinski definition) is 2. The van der Waals surface area contributed by atoms with Gasteiger partial charge >= 0.3 is 6.03 Å². The second-order valence-electron chi connectivity index (χ2n) is 1.96. The lowest BCUT2D eigenvalue weighted by molar-refractivity contribution is 0.0966. The van der Waals surface area contributed by atoms with Gasteiger partial charge in [0, 0.05) is 5.38 Å². The van der Waals surface area contributed by atoms with Gasteiger partial charge in [-0.05, 0) is 22.0 Å². The van der Waals surface area contributed by atoms with Gasteiger partial charge in [0.15, 0.2) is 0 Å². The van der Waals surface area contributed by atoms with Crippen molar-refractivity contribution >= 4 is 39.2 Å². The molecule has 0 saturated carbocycles. The molecule has 1 rings (SSSR count). The van der Waals surface area contributed by atoms with Gasteiger partial charge < -0.3 is 5.73 Å². The molecule has 1 aromatic rings. The molecule has 12 heavy (non-hydrogen) atoms. The first kappa shape index (κ1) is 9.21. The van der Waals surface area contributed by atoms with Crippen molar-refractivity contribution in [2.45, 2.75) is 0 Å². The van der Waals surface area contributed by atoms with Crippen molar-refractivity contribution in [1.29, 1.82) is 0 Å². The van der Waals surface area contributed by atoms with E-state index in [9.17, 15) is 9.59 Å².